The third kappa shape index (κ3) is 4.78. The third-order valence-electron chi connectivity index (χ3n) is 1.56. The fraction of sp³-hybridized carbons (Fsp3) is 0.500. The van der Waals surface area contributed by atoms with Crippen molar-refractivity contribution in [3.05, 3.63) is 10.1 Å². The van der Waals surface area contributed by atoms with Gasteiger partial charge in [-0.3, -0.25) is 4.79 Å². The first-order valence-electron chi connectivity index (χ1n) is 4.15. The molecule has 0 saturated heterocycles. The Kier molecular flexibility index (Phi) is 7.93. The number of hydrogen-bond donors (Lipinski definition) is 1. The van der Waals surface area contributed by atoms with Crippen molar-refractivity contribution in [1.82, 2.24) is 4.90 Å². The van der Waals surface area contributed by atoms with Crippen LogP contribution in [0.2, 0.25) is 0 Å². The first-order chi connectivity index (χ1) is 7.45. The minimum Gasteiger partial charge on any atom is -0.477 e. The van der Waals surface area contributed by atoms with Crippen LogP contribution in [0.15, 0.2) is 10.1 Å². The first kappa shape index (κ1) is 15.8. The number of nitrogens with zero attached hydrogens (tertiary/aromatic N) is 1. The van der Waals surface area contributed by atoms with Gasteiger partial charge >= 0.3 is 5.97 Å². The molecule has 16 heavy (non-hydrogen) atoms. The second-order valence-corrected chi connectivity index (χ2v) is 4.12. The Balaban J connectivity index is 4.86. The van der Waals surface area contributed by atoms with Crippen LogP contribution < -0.4 is 0 Å². The van der Waals surface area contributed by atoms with Gasteiger partial charge in [0, 0.05) is 24.8 Å². The van der Waals surface area contributed by atoms with Gasteiger partial charge in [0.15, 0.2) is 0 Å². The smallest absolute Gasteiger partial charge is 0.349 e. The SMILES string of the molecule is O=C(O)/C(Cl)=C(/Cl)C(=O)N(CCCl)CCCl. The molecule has 8 heteroatoms. The number of carbonyl (C=O) groups excluding carboxylic acids is 1. The highest BCUT2D eigenvalue weighted by Crippen LogP contribution is 2.17. The average Bonchev–Trinajstić information content (AvgIpc) is 2.25. The van der Waals surface area contributed by atoms with E-state index in [1.807, 2.05) is 0 Å². The molecule has 0 aliphatic carbocycles. The van der Waals surface area contributed by atoms with E-state index in [1.54, 1.807) is 0 Å². The van der Waals surface area contributed by atoms with Crippen molar-refractivity contribution in [1.29, 1.82) is 0 Å². The zero-order valence-corrected chi connectivity index (χ0v) is 11.1. The van der Waals surface area contributed by atoms with E-state index in [-0.39, 0.29) is 24.8 Å². The summed E-state index contributed by atoms with van der Waals surface area (Å²) in [5, 5.41) is 7.27. The van der Waals surface area contributed by atoms with Gasteiger partial charge in [0.2, 0.25) is 0 Å². The monoisotopic (exact) mass is 307 g/mol. The lowest BCUT2D eigenvalue weighted by molar-refractivity contribution is -0.133. The zero-order valence-electron chi connectivity index (χ0n) is 8.05. The van der Waals surface area contributed by atoms with E-state index in [9.17, 15) is 9.59 Å². The highest BCUT2D eigenvalue weighted by Gasteiger charge is 2.21. The number of carboxylic acids is 1. The fourth-order valence-corrected chi connectivity index (χ4v) is 1.53. The number of hydrogen-bond acceptors (Lipinski definition) is 2. The maximum absolute atomic E-state index is 11.6. The van der Waals surface area contributed by atoms with Gasteiger partial charge in [-0.2, -0.15) is 0 Å². The van der Waals surface area contributed by atoms with Crippen LogP contribution in [0.1, 0.15) is 0 Å². The number of halogens is 4. The molecule has 92 valence electrons. The predicted molar refractivity (Wildman–Crippen MR) is 64.4 cm³/mol. The highest BCUT2D eigenvalue weighted by atomic mass is 35.5. The topological polar surface area (TPSA) is 57.6 Å². The largest absolute Gasteiger partial charge is 0.477 e. The second kappa shape index (κ2) is 8.01. The van der Waals surface area contributed by atoms with Crippen LogP contribution in [0.3, 0.4) is 0 Å². The Morgan fingerprint density at radius 3 is 1.75 bits per heavy atom. The summed E-state index contributed by atoms with van der Waals surface area (Å²) >= 11 is 21.8. The number of aliphatic carboxylic acids is 1. The molecule has 1 N–H and O–H groups in total. The molecule has 0 heterocycles. The Bertz CT molecular complexity index is 300. The van der Waals surface area contributed by atoms with Gasteiger partial charge in [-0.1, -0.05) is 23.2 Å². The zero-order chi connectivity index (χ0) is 12.7. The van der Waals surface area contributed by atoms with Crippen LogP contribution in [0.5, 0.6) is 0 Å². The van der Waals surface area contributed by atoms with Crippen LogP contribution in [0.25, 0.3) is 0 Å². The normalized spacial score (nSPS) is 12.0. The van der Waals surface area contributed by atoms with Crippen molar-refractivity contribution in [2.24, 2.45) is 0 Å². The summed E-state index contributed by atoms with van der Waals surface area (Å²) in [5.41, 5.74) is 0. The molecule has 0 aliphatic heterocycles. The van der Waals surface area contributed by atoms with Crippen LogP contribution in [0, 0.1) is 0 Å². The Morgan fingerprint density at radius 1 is 1.00 bits per heavy atom. The van der Waals surface area contributed by atoms with Crippen LogP contribution in [0.4, 0.5) is 0 Å². The molecule has 0 aromatic rings. The van der Waals surface area contributed by atoms with Gasteiger partial charge in [0.1, 0.15) is 10.1 Å². The van der Waals surface area contributed by atoms with Gasteiger partial charge in [-0.15, -0.1) is 23.2 Å². The quantitative estimate of drug-likeness (QED) is 0.603. The number of carbonyl (C=O) groups is 2. The third-order valence-corrected chi connectivity index (χ3v) is 2.70. The second-order valence-electron chi connectivity index (χ2n) is 2.60. The van der Waals surface area contributed by atoms with E-state index in [4.69, 9.17) is 51.5 Å². The van der Waals surface area contributed by atoms with Crippen molar-refractivity contribution >= 4 is 58.3 Å². The Hall–Kier alpha value is -0.160. The minimum absolute atomic E-state index is 0.192. The summed E-state index contributed by atoms with van der Waals surface area (Å²) in [6, 6.07) is 0. The lowest BCUT2D eigenvalue weighted by Crippen LogP contribution is -2.35. The number of alkyl halides is 2. The highest BCUT2D eigenvalue weighted by molar-refractivity contribution is 6.53. The van der Waals surface area contributed by atoms with Crippen molar-refractivity contribution in [2.45, 2.75) is 0 Å². The minimum atomic E-state index is -1.46. The molecule has 0 aromatic carbocycles. The van der Waals surface area contributed by atoms with Crippen LogP contribution in [-0.2, 0) is 9.59 Å². The van der Waals surface area contributed by atoms with Gasteiger partial charge in [-0.25, -0.2) is 4.79 Å². The van der Waals surface area contributed by atoms with Gasteiger partial charge in [0.05, 0.1) is 0 Å². The molecule has 0 rings (SSSR count). The predicted octanol–water partition coefficient (Wildman–Crippen LogP) is 2.07. The van der Waals surface area contributed by atoms with E-state index in [2.05, 4.69) is 0 Å². The summed E-state index contributed by atoms with van der Waals surface area (Å²) in [5.74, 6) is -1.78. The molecule has 0 aromatic heterocycles. The summed E-state index contributed by atoms with van der Waals surface area (Å²) in [6.45, 7) is 0.431. The van der Waals surface area contributed by atoms with Crippen LogP contribution in [-0.4, -0.2) is 46.7 Å². The molecule has 0 spiro atoms. The van der Waals surface area contributed by atoms with Gasteiger partial charge in [0.25, 0.3) is 5.91 Å². The summed E-state index contributed by atoms with van der Waals surface area (Å²) in [7, 11) is 0. The van der Waals surface area contributed by atoms with Crippen LogP contribution >= 0.6 is 46.4 Å². The maximum Gasteiger partial charge on any atom is 0.349 e. The molecule has 1 amide bonds. The molecule has 0 aliphatic rings. The molecule has 0 unspecified atom stereocenters. The maximum atomic E-state index is 11.6. The standard InChI is InChI=1S/C8H9Cl4NO3/c9-1-3-13(4-2-10)7(14)5(11)6(12)8(15)16/h1-4H2,(H,15,16)/b6-5-. The van der Waals surface area contributed by atoms with Gasteiger partial charge < -0.3 is 10.0 Å². The lowest BCUT2D eigenvalue weighted by Gasteiger charge is -2.20. The number of rotatable bonds is 6. The van der Waals surface area contributed by atoms with E-state index in [1.165, 1.54) is 4.90 Å². The lowest BCUT2D eigenvalue weighted by atomic mass is 10.4. The molecular weight excluding hydrogens is 300 g/mol. The average molecular weight is 309 g/mol. The summed E-state index contributed by atoms with van der Waals surface area (Å²) < 4.78 is 0. The van der Waals surface area contributed by atoms with E-state index in [0.717, 1.165) is 0 Å². The van der Waals surface area contributed by atoms with E-state index in [0.29, 0.717) is 0 Å². The van der Waals surface area contributed by atoms with Crippen molar-refractivity contribution in [3.8, 4) is 0 Å². The Labute approximate surface area is 113 Å². The molecule has 0 radical (unpaired) electrons. The van der Waals surface area contributed by atoms with Crippen molar-refractivity contribution in [2.75, 3.05) is 24.8 Å². The summed E-state index contributed by atoms with van der Waals surface area (Å²) in [6.07, 6.45) is 0. The molecule has 0 fully saturated rings. The molecule has 0 atom stereocenters. The van der Waals surface area contributed by atoms with E-state index >= 15 is 0 Å². The summed E-state index contributed by atoms with van der Waals surface area (Å²) in [4.78, 5) is 23.4. The van der Waals surface area contributed by atoms with Gasteiger partial charge in [-0.05, 0) is 0 Å². The van der Waals surface area contributed by atoms with Crippen molar-refractivity contribution < 1.29 is 14.7 Å². The van der Waals surface area contributed by atoms with Crippen molar-refractivity contribution in [3.63, 3.8) is 0 Å². The molecule has 4 nitrogen and oxygen atoms in total. The fourth-order valence-electron chi connectivity index (χ4n) is 0.846. The number of amides is 1. The first-order valence-corrected chi connectivity index (χ1v) is 5.98. The molecule has 0 saturated carbocycles. The molecule has 0 bridgehead atoms. The number of carboxylic acid groups (broad SMARTS) is 1. The Morgan fingerprint density at radius 2 is 1.44 bits per heavy atom. The molecular formula is C8H9Cl4NO3. The van der Waals surface area contributed by atoms with E-state index < -0.39 is 21.9 Å².